The molecule has 24 heavy (non-hydrogen) atoms. The molecule has 2 aromatic heterocycles. The first kappa shape index (κ1) is 18.3. The molecule has 0 radical (unpaired) electrons. The first-order chi connectivity index (χ1) is 11.2. The van der Waals surface area contributed by atoms with Crippen LogP contribution in [0.1, 0.15) is 5.82 Å². The first-order valence-electron chi connectivity index (χ1n) is 7.16. The summed E-state index contributed by atoms with van der Waals surface area (Å²) in [4.78, 5) is 30.6. The van der Waals surface area contributed by atoms with Crippen LogP contribution in [0.25, 0.3) is 11.2 Å². The molecule has 11 heteroatoms. The van der Waals surface area contributed by atoms with Gasteiger partial charge in [-0.1, -0.05) is 0 Å². The van der Waals surface area contributed by atoms with Crippen LogP contribution in [-0.2, 0) is 20.5 Å². The quantitative estimate of drug-likeness (QED) is 0.307. The third-order valence-corrected chi connectivity index (χ3v) is 3.87. The molecule has 2 heterocycles. The van der Waals surface area contributed by atoms with Gasteiger partial charge in [-0.3, -0.25) is 13.9 Å². The van der Waals surface area contributed by atoms with E-state index in [0.29, 0.717) is 0 Å². The number of aryl methyl sites for hydroxylation is 1. The highest BCUT2D eigenvalue weighted by molar-refractivity contribution is 5.69. The summed E-state index contributed by atoms with van der Waals surface area (Å²) in [6, 6.07) is 0. The molecule has 0 aromatic carbocycles. The highest BCUT2D eigenvalue weighted by Crippen LogP contribution is 2.11. The summed E-state index contributed by atoms with van der Waals surface area (Å²) in [6.07, 6.45) is -6.91. The van der Waals surface area contributed by atoms with Gasteiger partial charge in [0.25, 0.3) is 5.56 Å². The number of hydrogen-bond acceptors (Lipinski definition) is 8. The van der Waals surface area contributed by atoms with Crippen molar-refractivity contribution in [3.8, 4) is 0 Å². The molecule has 4 atom stereocenters. The van der Waals surface area contributed by atoms with Crippen molar-refractivity contribution in [1.82, 2.24) is 19.1 Å². The number of H-pyrrole nitrogens is 1. The van der Waals surface area contributed by atoms with E-state index in [1.54, 1.807) is 0 Å². The average molecular weight is 344 g/mol. The zero-order valence-corrected chi connectivity index (χ0v) is 13.1. The number of aromatic nitrogens is 4. The lowest BCUT2D eigenvalue weighted by atomic mass is 10.0. The van der Waals surface area contributed by atoms with E-state index in [9.17, 15) is 30.0 Å². The van der Waals surface area contributed by atoms with Gasteiger partial charge in [-0.25, -0.2) is 9.78 Å². The molecule has 134 valence electrons. The van der Waals surface area contributed by atoms with Crippen molar-refractivity contribution in [1.29, 1.82) is 0 Å². The molecule has 2 rings (SSSR count). The number of aliphatic hydroxyl groups excluding tert-OH is 5. The Hall–Kier alpha value is -2.05. The third kappa shape index (κ3) is 3.12. The average Bonchev–Trinajstić information content (AvgIpc) is 2.99. The monoisotopic (exact) mass is 344 g/mol. The van der Waals surface area contributed by atoms with Gasteiger partial charge in [-0.15, -0.1) is 0 Å². The van der Waals surface area contributed by atoms with Gasteiger partial charge in [0.1, 0.15) is 29.7 Å². The Balaban J connectivity index is 2.31. The van der Waals surface area contributed by atoms with Crippen molar-refractivity contribution in [2.75, 3.05) is 6.61 Å². The molecule has 0 aliphatic rings. The highest BCUT2D eigenvalue weighted by Gasteiger charge is 2.30. The number of rotatable bonds is 6. The topological polar surface area (TPSA) is 174 Å². The van der Waals surface area contributed by atoms with Crippen molar-refractivity contribution in [3.63, 3.8) is 0 Å². The van der Waals surface area contributed by atoms with Crippen LogP contribution in [0.3, 0.4) is 0 Å². The molecular formula is C13H20N4O7. The summed E-state index contributed by atoms with van der Waals surface area (Å²) in [7, 11) is 2.75. The number of nitrogens with zero attached hydrogens (tertiary/aromatic N) is 3. The van der Waals surface area contributed by atoms with Gasteiger partial charge in [-0.2, -0.15) is 0 Å². The van der Waals surface area contributed by atoms with Crippen molar-refractivity contribution in [2.24, 2.45) is 14.1 Å². The molecule has 0 saturated heterocycles. The van der Waals surface area contributed by atoms with E-state index in [2.05, 4.69) is 9.97 Å². The predicted octanol–water partition coefficient (Wildman–Crippen LogP) is -4.06. The Morgan fingerprint density at radius 2 is 1.62 bits per heavy atom. The highest BCUT2D eigenvalue weighted by atomic mass is 16.4. The minimum Gasteiger partial charge on any atom is -0.394 e. The molecule has 0 fully saturated rings. The maximum atomic E-state index is 12.0. The second-order valence-electron chi connectivity index (χ2n) is 5.59. The SMILES string of the molecule is Cn1c(=O)c2[nH]c(C[C@H](O)[C@@H](O)[C@@H](O)[C@H](O)CO)nc2n(C)c1=O. The van der Waals surface area contributed by atoms with Gasteiger partial charge in [0.2, 0.25) is 0 Å². The zero-order valence-electron chi connectivity index (χ0n) is 13.1. The zero-order chi connectivity index (χ0) is 18.2. The number of hydrogen-bond donors (Lipinski definition) is 6. The van der Waals surface area contributed by atoms with Crippen LogP contribution >= 0.6 is 0 Å². The smallest absolute Gasteiger partial charge is 0.332 e. The van der Waals surface area contributed by atoms with E-state index in [-0.39, 0.29) is 23.4 Å². The van der Waals surface area contributed by atoms with Crippen LogP contribution in [0.15, 0.2) is 9.59 Å². The molecule has 0 aliphatic carbocycles. The van der Waals surface area contributed by atoms with Gasteiger partial charge in [0, 0.05) is 20.5 Å². The van der Waals surface area contributed by atoms with Crippen LogP contribution in [-0.4, -0.2) is 75.7 Å². The maximum absolute atomic E-state index is 12.0. The molecule has 0 aliphatic heterocycles. The Morgan fingerprint density at radius 3 is 2.21 bits per heavy atom. The molecule has 0 saturated carbocycles. The molecule has 6 N–H and O–H groups in total. The van der Waals surface area contributed by atoms with Crippen molar-refractivity contribution in [2.45, 2.75) is 30.8 Å². The van der Waals surface area contributed by atoms with Gasteiger partial charge >= 0.3 is 5.69 Å². The minimum atomic E-state index is -1.76. The van der Waals surface area contributed by atoms with E-state index in [1.807, 2.05) is 0 Å². The Labute approximate surface area is 135 Å². The molecular weight excluding hydrogens is 324 g/mol. The second kappa shape index (κ2) is 6.83. The maximum Gasteiger partial charge on any atom is 0.332 e. The molecule has 11 nitrogen and oxygen atoms in total. The van der Waals surface area contributed by atoms with Gasteiger partial charge < -0.3 is 30.5 Å². The molecule has 0 bridgehead atoms. The molecule has 0 unspecified atom stereocenters. The summed E-state index contributed by atoms with van der Waals surface area (Å²) in [5.41, 5.74) is -0.992. The summed E-state index contributed by atoms with van der Waals surface area (Å²) >= 11 is 0. The lowest BCUT2D eigenvalue weighted by Gasteiger charge is -2.25. The fourth-order valence-electron chi connectivity index (χ4n) is 2.35. The number of nitrogens with one attached hydrogen (secondary N) is 1. The van der Waals surface area contributed by atoms with Gasteiger partial charge in [-0.05, 0) is 0 Å². The van der Waals surface area contributed by atoms with Gasteiger partial charge in [0.15, 0.2) is 5.65 Å². The van der Waals surface area contributed by atoms with Crippen LogP contribution in [0.2, 0.25) is 0 Å². The van der Waals surface area contributed by atoms with E-state index in [0.717, 1.165) is 9.13 Å². The molecule has 2 aromatic rings. The van der Waals surface area contributed by atoms with Crippen molar-refractivity contribution in [3.05, 3.63) is 26.7 Å². The number of imidazole rings is 1. The summed E-state index contributed by atoms with van der Waals surface area (Å²) in [5.74, 6) is 0.112. The summed E-state index contributed by atoms with van der Waals surface area (Å²) < 4.78 is 2.06. The van der Waals surface area contributed by atoms with Gasteiger partial charge in [0.05, 0.1) is 12.7 Å². The fourth-order valence-corrected chi connectivity index (χ4v) is 2.35. The van der Waals surface area contributed by atoms with Crippen molar-refractivity contribution < 1.29 is 25.5 Å². The van der Waals surface area contributed by atoms with E-state index < -0.39 is 42.3 Å². The second-order valence-corrected chi connectivity index (χ2v) is 5.59. The van der Waals surface area contributed by atoms with E-state index in [4.69, 9.17) is 5.11 Å². The first-order valence-corrected chi connectivity index (χ1v) is 7.16. The fraction of sp³-hybridized carbons (Fsp3) is 0.615. The number of aromatic amines is 1. The van der Waals surface area contributed by atoms with Crippen LogP contribution in [0.4, 0.5) is 0 Å². The van der Waals surface area contributed by atoms with E-state index in [1.165, 1.54) is 14.1 Å². The molecule has 0 amide bonds. The van der Waals surface area contributed by atoms with Crippen LogP contribution in [0.5, 0.6) is 0 Å². The molecule has 0 spiro atoms. The standard InChI is InChI=1S/C13H20N4O7/c1-16-11-8(12(23)17(2)13(16)24)14-7(15-11)3-5(19)9(21)10(22)6(20)4-18/h5-6,9-10,18-22H,3-4H2,1-2H3,(H,14,15)/t5-,6+,9+,10-/m0/s1. The third-order valence-electron chi connectivity index (χ3n) is 3.87. The van der Waals surface area contributed by atoms with E-state index >= 15 is 0 Å². The Kier molecular flexibility index (Phi) is 5.20. The lowest BCUT2D eigenvalue weighted by Crippen LogP contribution is -2.46. The number of fused-ring (bicyclic) bond motifs is 1. The normalized spacial score (nSPS) is 17.0. The Morgan fingerprint density at radius 1 is 1.04 bits per heavy atom. The summed E-state index contributed by atoms with van der Waals surface area (Å²) in [5, 5.41) is 47.3. The minimum absolute atomic E-state index is 0.0623. The van der Waals surface area contributed by atoms with Crippen molar-refractivity contribution >= 4 is 11.2 Å². The largest absolute Gasteiger partial charge is 0.394 e. The summed E-state index contributed by atoms with van der Waals surface area (Å²) in [6.45, 7) is -0.784. The number of aliphatic hydroxyl groups is 5. The van der Waals surface area contributed by atoms with Crippen LogP contribution in [0, 0.1) is 0 Å². The van der Waals surface area contributed by atoms with Crippen LogP contribution < -0.4 is 11.2 Å². The predicted molar refractivity (Wildman–Crippen MR) is 81.4 cm³/mol. The Bertz CT molecular complexity index is 839. The lowest BCUT2D eigenvalue weighted by molar-refractivity contribution is -0.114.